The molecule has 1 N–H and O–H groups in total. The maximum Gasteiger partial charge on any atom is 0.408 e. The second kappa shape index (κ2) is 9.82. The first-order valence-corrected chi connectivity index (χ1v) is 16.3. The van der Waals surface area contributed by atoms with Crippen LogP contribution in [0.15, 0.2) is 39.8 Å². The van der Waals surface area contributed by atoms with Crippen molar-refractivity contribution in [3.8, 4) is 0 Å². The van der Waals surface area contributed by atoms with Gasteiger partial charge in [0.15, 0.2) is 8.32 Å². The first-order chi connectivity index (χ1) is 16.0. The quantitative estimate of drug-likeness (QED) is 0.537. The largest absolute Gasteiger partial charge is 0.444 e. The molecule has 0 aliphatic carbocycles. The topological polar surface area (TPSA) is 84.9 Å². The molecule has 0 unspecified atom stereocenters. The number of alkyl carbamates (subject to hydrolysis) is 1. The Kier molecular flexibility index (Phi) is 7.75. The van der Waals surface area contributed by atoms with Gasteiger partial charge in [-0.3, -0.25) is 4.79 Å². The molecule has 1 aromatic carbocycles. The highest BCUT2D eigenvalue weighted by molar-refractivity contribution is 7.89. The van der Waals surface area contributed by atoms with Crippen molar-refractivity contribution in [3.63, 3.8) is 0 Å². The molecule has 2 heterocycles. The molecule has 2 aliphatic rings. The Hall–Kier alpha value is -1.97. The van der Waals surface area contributed by atoms with Crippen molar-refractivity contribution in [1.29, 1.82) is 0 Å². The molecular formula is C26H40N2O5SSi. The summed E-state index contributed by atoms with van der Waals surface area (Å²) >= 11 is 0. The van der Waals surface area contributed by atoms with E-state index in [9.17, 15) is 13.8 Å². The van der Waals surface area contributed by atoms with E-state index in [1.807, 2.05) is 31.2 Å². The fourth-order valence-corrected chi connectivity index (χ4v) is 6.70. The molecule has 0 bridgehead atoms. The fraction of sp³-hybridized carbons (Fsp3) is 0.615. The SMILES string of the molecule is Cc1ccc([S@@](=O)C2=C3[C@@H](O[Si](C)(C)C(C)(C)C)CCN3C(=O)[C@H](NC(=O)OC(C)(C)C)C2)cc1. The van der Waals surface area contributed by atoms with Gasteiger partial charge in [0.1, 0.15) is 11.6 Å². The number of benzene rings is 1. The molecule has 0 aromatic heterocycles. The van der Waals surface area contributed by atoms with E-state index >= 15 is 0 Å². The number of carbonyl (C=O) groups is 2. The predicted octanol–water partition coefficient (Wildman–Crippen LogP) is 5.23. The Morgan fingerprint density at radius 3 is 2.26 bits per heavy atom. The summed E-state index contributed by atoms with van der Waals surface area (Å²) < 4.78 is 26.0. The summed E-state index contributed by atoms with van der Waals surface area (Å²) in [7, 11) is -3.65. The summed E-state index contributed by atoms with van der Waals surface area (Å²) in [5, 5.41) is 2.71. The van der Waals surface area contributed by atoms with Crippen LogP contribution in [0.5, 0.6) is 0 Å². The Labute approximate surface area is 213 Å². The van der Waals surface area contributed by atoms with Crippen molar-refractivity contribution in [2.24, 2.45) is 0 Å². The minimum atomic E-state index is -2.15. The van der Waals surface area contributed by atoms with Crippen molar-refractivity contribution in [3.05, 3.63) is 40.4 Å². The number of amides is 2. The molecule has 3 rings (SSSR count). The zero-order chi connectivity index (χ0) is 26.3. The normalized spacial score (nSPS) is 22.2. The van der Waals surface area contributed by atoms with Crippen LogP contribution in [0, 0.1) is 6.92 Å². The van der Waals surface area contributed by atoms with Crippen LogP contribution < -0.4 is 5.32 Å². The number of rotatable bonds is 5. The van der Waals surface area contributed by atoms with Crippen molar-refractivity contribution in [1.82, 2.24) is 10.2 Å². The van der Waals surface area contributed by atoms with Crippen LogP contribution in [-0.2, 0) is 24.8 Å². The molecule has 2 aliphatic heterocycles. The third-order valence-electron chi connectivity index (χ3n) is 6.84. The van der Waals surface area contributed by atoms with Crippen LogP contribution in [0.1, 0.15) is 59.9 Å². The highest BCUT2D eigenvalue weighted by Crippen LogP contribution is 2.43. The number of nitrogens with one attached hydrogen (secondary N) is 1. The lowest BCUT2D eigenvalue weighted by Gasteiger charge is -2.40. The van der Waals surface area contributed by atoms with Gasteiger partial charge in [0.25, 0.3) is 0 Å². The molecule has 1 fully saturated rings. The average Bonchev–Trinajstić information content (AvgIpc) is 3.11. The van der Waals surface area contributed by atoms with Gasteiger partial charge in [-0.25, -0.2) is 9.00 Å². The van der Waals surface area contributed by atoms with E-state index in [2.05, 4.69) is 39.2 Å². The summed E-state index contributed by atoms with van der Waals surface area (Å²) in [6, 6.07) is 6.73. The number of carbonyl (C=O) groups excluding carboxylic acids is 2. The summed E-state index contributed by atoms with van der Waals surface area (Å²) in [5.41, 5.74) is 1.10. The van der Waals surface area contributed by atoms with E-state index in [0.717, 1.165) is 5.56 Å². The Morgan fingerprint density at radius 2 is 1.71 bits per heavy atom. The van der Waals surface area contributed by atoms with Gasteiger partial charge < -0.3 is 19.4 Å². The van der Waals surface area contributed by atoms with Crippen LogP contribution in [0.4, 0.5) is 4.79 Å². The van der Waals surface area contributed by atoms with Crippen LogP contribution in [0.2, 0.25) is 18.1 Å². The molecule has 3 atom stereocenters. The Balaban J connectivity index is 2.01. The van der Waals surface area contributed by atoms with E-state index < -0.39 is 36.9 Å². The number of nitrogens with zero attached hydrogens (tertiary/aromatic N) is 1. The summed E-state index contributed by atoms with van der Waals surface area (Å²) in [4.78, 5) is 28.9. The maximum absolute atomic E-state index is 13.9. The maximum atomic E-state index is 13.9. The van der Waals surface area contributed by atoms with Crippen LogP contribution >= 0.6 is 0 Å². The zero-order valence-corrected chi connectivity index (χ0v) is 24.3. The number of hydrogen-bond donors (Lipinski definition) is 1. The smallest absolute Gasteiger partial charge is 0.408 e. The number of fused-ring (bicyclic) bond motifs is 1. The number of hydrogen-bond acceptors (Lipinski definition) is 5. The molecule has 35 heavy (non-hydrogen) atoms. The van der Waals surface area contributed by atoms with Gasteiger partial charge in [-0.1, -0.05) is 38.5 Å². The lowest BCUT2D eigenvalue weighted by Crippen LogP contribution is -2.52. The van der Waals surface area contributed by atoms with Gasteiger partial charge in [0.05, 0.1) is 22.6 Å². The molecule has 0 radical (unpaired) electrons. The molecule has 0 spiro atoms. The third kappa shape index (κ3) is 6.24. The zero-order valence-electron chi connectivity index (χ0n) is 22.5. The first kappa shape index (κ1) is 27.6. The van der Waals surface area contributed by atoms with Gasteiger partial charge >= 0.3 is 6.09 Å². The monoisotopic (exact) mass is 520 g/mol. The van der Waals surface area contributed by atoms with Gasteiger partial charge in [-0.05, 0) is 64.4 Å². The second-order valence-corrected chi connectivity index (χ2v) is 18.2. The lowest BCUT2D eigenvalue weighted by atomic mass is 10.1. The molecule has 194 valence electrons. The van der Waals surface area contributed by atoms with Crippen molar-refractivity contribution in [2.75, 3.05) is 6.54 Å². The summed E-state index contributed by atoms with van der Waals surface area (Å²) in [6.45, 7) is 18.7. The standard InChI is InChI=1S/C26H40N2O5SSi/c1-17-10-12-18(13-11-17)34(31)21-16-19(27-24(30)32-25(2,3)4)23(29)28-15-14-20(22(21)28)33-35(8,9)26(5,6)7/h10-13,19-20H,14-16H2,1-9H3,(H,27,30)/t19-,20+,34-/m1/s1. The molecular weight excluding hydrogens is 480 g/mol. The minimum Gasteiger partial charge on any atom is -0.444 e. The van der Waals surface area contributed by atoms with Crippen LogP contribution in [0.25, 0.3) is 0 Å². The first-order valence-electron chi connectivity index (χ1n) is 12.2. The van der Waals surface area contributed by atoms with Crippen LogP contribution in [-0.4, -0.2) is 53.7 Å². The third-order valence-corrected chi connectivity index (χ3v) is 12.9. The second-order valence-electron chi connectivity index (χ2n) is 11.9. The van der Waals surface area contributed by atoms with Gasteiger partial charge in [-0.2, -0.15) is 0 Å². The van der Waals surface area contributed by atoms with Crippen molar-refractivity contribution in [2.45, 2.75) is 102 Å². The van der Waals surface area contributed by atoms with E-state index in [-0.39, 0.29) is 23.5 Å². The Bertz CT molecular complexity index is 1040. The van der Waals surface area contributed by atoms with Crippen molar-refractivity contribution < 1.29 is 23.0 Å². The highest BCUT2D eigenvalue weighted by atomic mass is 32.2. The minimum absolute atomic E-state index is 0.00324. The molecule has 1 saturated heterocycles. The van der Waals surface area contributed by atoms with E-state index in [0.29, 0.717) is 28.5 Å². The fourth-order valence-electron chi connectivity index (χ4n) is 3.99. The van der Waals surface area contributed by atoms with E-state index in [1.54, 1.807) is 25.7 Å². The average molecular weight is 521 g/mol. The molecule has 7 nitrogen and oxygen atoms in total. The Morgan fingerprint density at radius 1 is 1.11 bits per heavy atom. The van der Waals surface area contributed by atoms with E-state index in [1.165, 1.54) is 0 Å². The molecule has 9 heteroatoms. The summed E-state index contributed by atoms with van der Waals surface area (Å²) in [6.07, 6.45) is -0.164. The van der Waals surface area contributed by atoms with Crippen molar-refractivity contribution >= 4 is 31.1 Å². The van der Waals surface area contributed by atoms with E-state index in [4.69, 9.17) is 9.16 Å². The molecule has 2 amide bonds. The summed E-state index contributed by atoms with van der Waals surface area (Å²) in [5.74, 6) is -0.211. The predicted molar refractivity (Wildman–Crippen MR) is 141 cm³/mol. The number of ether oxygens (including phenoxy) is 1. The molecule has 1 aromatic rings. The highest BCUT2D eigenvalue weighted by Gasteiger charge is 2.48. The van der Waals surface area contributed by atoms with Gasteiger partial charge in [0.2, 0.25) is 5.91 Å². The number of aryl methyl sites for hydroxylation is 1. The van der Waals surface area contributed by atoms with Crippen LogP contribution in [0.3, 0.4) is 0 Å². The molecule has 0 saturated carbocycles. The van der Waals surface area contributed by atoms with Gasteiger partial charge in [0, 0.05) is 22.8 Å². The van der Waals surface area contributed by atoms with Gasteiger partial charge in [-0.15, -0.1) is 0 Å². The lowest BCUT2D eigenvalue weighted by molar-refractivity contribution is -0.131.